The summed E-state index contributed by atoms with van der Waals surface area (Å²) in [6.45, 7) is 3.25. The zero-order chi connectivity index (χ0) is 34.0. The number of piperidine rings is 1. The number of amides is 2. The molecule has 4 heterocycles. The molecule has 6 rings (SSSR count). The molecule has 4 aromatic rings. The highest BCUT2D eigenvalue weighted by atomic mass is 35.5. The van der Waals surface area contributed by atoms with Gasteiger partial charge < -0.3 is 19.9 Å². The van der Waals surface area contributed by atoms with Crippen molar-refractivity contribution in [2.24, 2.45) is 5.92 Å². The molecule has 0 spiro atoms. The van der Waals surface area contributed by atoms with E-state index in [1.54, 1.807) is 9.42 Å². The highest BCUT2D eigenvalue weighted by Crippen LogP contribution is 2.35. The van der Waals surface area contributed by atoms with Crippen molar-refractivity contribution in [1.82, 2.24) is 24.8 Å². The largest absolute Gasteiger partial charge is 0.445 e. The zero-order valence-electron chi connectivity index (χ0n) is 26.5. The van der Waals surface area contributed by atoms with Crippen LogP contribution in [0, 0.1) is 24.2 Å². The summed E-state index contributed by atoms with van der Waals surface area (Å²) in [6, 6.07) is 17.2. The lowest BCUT2D eigenvalue weighted by Gasteiger charge is -2.35. The van der Waals surface area contributed by atoms with Crippen LogP contribution < -0.4 is 14.9 Å². The second-order valence-corrected chi connectivity index (χ2v) is 14.3. The van der Waals surface area contributed by atoms with Crippen LogP contribution in [0.2, 0.25) is 5.02 Å². The number of halogens is 1. The number of aryl methyl sites for hydroxylation is 1. The molecule has 2 unspecified atom stereocenters. The molecular formula is C33H35ClN8O5S. The minimum absolute atomic E-state index is 0.128. The average molecular weight is 691 g/mol. The minimum atomic E-state index is -3.64. The van der Waals surface area contributed by atoms with Crippen molar-refractivity contribution in [3.05, 3.63) is 88.2 Å². The van der Waals surface area contributed by atoms with Crippen LogP contribution in [-0.2, 0) is 21.4 Å². The van der Waals surface area contributed by atoms with Gasteiger partial charge in [0.15, 0.2) is 5.65 Å². The van der Waals surface area contributed by atoms with E-state index in [-0.39, 0.29) is 29.8 Å². The van der Waals surface area contributed by atoms with Gasteiger partial charge in [-0.25, -0.2) is 22.7 Å². The van der Waals surface area contributed by atoms with E-state index in [1.165, 1.54) is 18.2 Å². The monoisotopic (exact) mass is 690 g/mol. The van der Waals surface area contributed by atoms with Crippen molar-refractivity contribution in [1.29, 1.82) is 5.26 Å². The van der Waals surface area contributed by atoms with Crippen molar-refractivity contribution in [3.63, 3.8) is 0 Å². The first-order chi connectivity index (χ1) is 23.0. The van der Waals surface area contributed by atoms with Gasteiger partial charge in [-0.2, -0.15) is 10.4 Å². The predicted molar refractivity (Wildman–Crippen MR) is 180 cm³/mol. The molecule has 2 fully saturated rings. The van der Waals surface area contributed by atoms with Crippen LogP contribution in [0.15, 0.2) is 60.8 Å². The summed E-state index contributed by atoms with van der Waals surface area (Å²) < 4.78 is 33.5. The van der Waals surface area contributed by atoms with Crippen molar-refractivity contribution in [3.8, 4) is 6.07 Å². The molecular weight excluding hydrogens is 656 g/mol. The number of carbonyl (C=O) groups is 2. The molecule has 250 valence electrons. The summed E-state index contributed by atoms with van der Waals surface area (Å²) in [5, 5.41) is 17.8. The summed E-state index contributed by atoms with van der Waals surface area (Å²) in [5.74, 6) is -0.151. The van der Waals surface area contributed by atoms with Crippen molar-refractivity contribution >= 4 is 50.8 Å². The highest BCUT2D eigenvalue weighted by Gasteiger charge is 2.36. The highest BCUT2D eigenvalue weighted by molar-refractivity contribution is 7.92. The number of alkyl carbamates (subject to hydrolysis) is 1. The number of aromatic nitrogens is 3. The maximum absolute atomic E-state index is 13.9. The Labute approximate surface area is 283 Å². The van der Waals surface area contributed by atoms with Crippen LogP contribution in [0.3, 0.4) is 0 Å². The van der Waals surface area contributed by atoms with E-state index < -0.39 is 28.1 Å². The second-order valence-electron chi connectivity index (χ2n) is 12.1. The number of carbonyl (C=O) groups excluding carboxylic acids is 2. The molecule has 48 heavy (non-hydrogen) atoms. The maximum atomic E-state index is 13.9. The Hall–Kier alpha value is -4.87. The summed E-state index contributed by atoms with van der Waals surface area (Å²) in [5.41, 5.74) is 3.24. The lowest BCUT2D eigenvalue weighted by atomic mass is 9.98. The third kappa shape index (κ3) is 7.32. The number of likely N-dealkylation sites (tertiary alicyclic amines) is 1. The number of sulfonamides is 1. The lowest BCUT2D eigenvalue weighted by molar-refractivity contribution is 0.0606. The van der Waals surface area contributed by atoms with Crippen LogP contribution in [0.1, 0.15) is 52.5 Å². The molecule has 15 heteroatoms. The third-order valence-electron chi connectivity index (χ3n) is 8.54. The van der Waals surface area contributed by atoms with Crippen molar-refractivity contribution in [2.75, 3.05) is 35.5 Å². The second kappa shape index (κ2) is 13.7. The van der Waals surface area contributed by atoms with Gasteiger partial charge in [0, 0.05) is 42.5 Å². The van der Waals surface area contributed by atoms with Gasteiger partial charge in [-0.3, -0.25) is 9.52 Å². The Balaban J connectivity index is 1.21. The molecule has 13 nitrogen and oxygen atoms in total. The molecule has 3 atom stereocenters. The molecule has 2 amide bonds. The molecule has 2 aliphatic heterocycles. The predicted octanol–water partition coefficient (Wildman–Crippen LogP) is 4.68. The van der Waals surface area contributed by atoms with Gasteiger partial charge in [0.1, 0.15) is 12.4 Å². The van der Waals surface area contributed by atoms with E-state index >= 15 is 0 Å². The maximum Gasteiger partial charge on any atom is 0.407 e. The SMILES string of the molecule is Cc1cn2nc([C@@H]3CCCCN3C(=O)c3cc(Cl)ccc3NS(C)(=O)=O)cc2nc1N1CC(C#N)C(NC(=O)OCc2ccccc2)C1. The number of anilines is 2. The van der Waals surface area contributed by atoms with Crippen LogP contribution in [-0.4, -0.2) is 71.8 Å². The van der Waals surface area contributed by atoms with Crippen molar-refractivity contribution in [2.45, 2.75) is 44.9 Å². The first kappa shape index (κ1) is 33.0. The average Bonchev–Trinajstić information content (AvgIpc) is 3.67. The smallest absolute Gasteiger partial charge is 0.407 e. The van der Waals surface area contributed by atoms with Gasteiger partial charge >= 0.3 is 6.09 Å². The first-order valence-corrected chi connectivity index (χ1v) is 17.8. The lowest BCUT2D eigenvalue weighted by Crippen LogP contribution is -2.40. The van der Waals surface area contributed by atoms with E-state index in [0.29, 0.717) is 48.2 Å². The molecule has 0 bridgehead atoms. The molecule has 2 N–H and O–H groups in total. The van der Waals surface area contributed by atoms with E-state index in [2.05, 4.69) is 16.1 Å². The summed E-state index contributed by atoms with van der Waals surface area (Å²) >= 11 is 6.23. The van der Waals surface area contributed by atoms with Gasteiger partial charge in [-0.05, 0) is 49.9 Å². The Bertz CT molecular complexity index is 2000. The van der Waals surface area contributed by atoms with Crippen LogP contribution >= 0.6 is 11.6 Å². The van der Waals surface area contributed by atoms with E-state index in [1.807, 2.05) is 54.4 Å². The minimum Gasteiger partial charge on any atom is -0.445 e. The quantitative estimate of drug-likeness (QED) is 0.267. The Morgan fingerprint density at radius 2 is 1.92 bits per heavy atom. The fourth-order valence-electron chi connectivity index (χ4n) is 6.29. The van der Waals surface area contributed by atoms with Crippen LogP contribution in [0.4, 0.5) is 16.3 Å². The number of nitrogens with zero attached hydrogens (tertiary/aromatic N) is 6. The fourth-order valence-corrected chi connectivity index (χ4v) is 7.04. The molecule has 2 saturated heterocycles. The van der Waals surface area contributed by atoms with E-state index in [9.17, 15) is 23.3 Å². The Morgan fingerprint density at radius 3 is 2.67 bits per heavy atom. The Morgan fingerprint density at radius 1 is 1.12 bits per heavy atom. The number of hydrogen-bond donors (Lipinski definition) is 2. The van der Waals surface area contributed by atoms with Gasteiger partial charge in [-0.1, -0.05) is 41.9 Å². The topological polar surface area (TPSA) is 162 Å². The van der Waals surface area contributed by atoms with E-state index in [4.69, 9.17) is 26.4 Å². The molecule has 2 aromatic heterocycles. The van der Waals surface area contributed by atoms with Crippen molar-refractivity contribution < 1.29 is 22.7 Å². The molecule has 2 aromatic carbocycles. The van der Waals surface area contributed by atoms with Crippen LogP contribution in [0.5, 0.6) is 0 Å². The number of fused-ring (bicyclic) bond motifs is 1. The molecule has 2 aliphatic rings. The molecule has 0 saturated carbocycles. The number of nitrogens with one attached hydrogen (secondary N) is 2. The van der Waals surface area contributed by atoms with Gasteiger partial charge in [-0.15, -0.1) is 0 Å². The van der Waals surface area contributed by atoms with Gasteiger partial charge in [0.2, 0.25) is 10.0 Å². The first-order valence-electron chi connectivity index (χ1n) is 15.6. The zero-order valence-corrected chi connectivity index (χ0v) is 28.0. The van der Waals surface area contributed by atoms with Crippen LogP contribution in [0.25, 0.3) is 5.65 Å². The Kier molecular flexibility index (Phi) is 9.43. The number of hydrogen-bond acceptors (Lipinski definition) is 9. The number of rotatable bonds is 8. The van der Waals surface area contributed by atoms with Gasteiger partial charge in [0.25, 0.3) is 5.91 Å². The fraction of sp³-hybridized carbons (Fsp3) is 0.364. The number of ether oxygens (including phenoxy) is 1. The standard InChI is InChI=1S/C33H35ClN8O5S/c1-21-17-42-30(37-31(21)40-18-23(16-35)28(19-40)36-33(44)47-20-22-8-4-3-5-9-22)15-27(38-42)29-10-6-7-13-41(29)32(43)25-14-24(34)11-12-26(25)39-48(2,45)46/h3-5,8-9,11-12,14-15,17,23,28-29,39H,6-7,10,13,18-20H2,1-2H3,(H,36,44)/t23?,28?,29-/m0/s1. The summed E-state index contributed by atoms with van der Waals surface area (Å²) in [6.07, 6.45) is 4.64. The number of nitriles is 1. The molecule has 0 radical (unpaired) electrons. The molecule has 0 aliphatic carbocycles. The summed E-state index contributed by atoms with van der Waals surface area (Å²) in [4.78, 5) is 35.1. The van der Waals surface area contributed by atoms with E-state index in [0.717, 1.165) is 30.2 Å². The number of benzene rings is 2. The normalized spacial score (nSPS) is 19.6. The third-order valence-corrected chi connectivity index (χ3v) is 9.36. The summed E-state index contributed by atoms with van der Waals surface area (Å²) in [7, 11) is -3.64. The van der Waals surface area contributed by atoms with Gasteiger partial charge in [0.05, 0.1) is 47.3 Å².